The van der Waals surface area contributed by atoms with Crippen LogP contribution in [0.25, 0.3) is 0 Å². The first-order valence-corrected chi connectivity index (χ1v) is 6.41. The molecule has 1 fully saturated rings. The van der Waals surface area contributed by atoms with Crippen molar-refractivity contribution in [3.63, 3.8) is 0 Å². The first-order chi connectivity index (χ1) is 8.25. The Hall–Kier alpha value is -0.930. The Balaban J connectivity index is 1.71. The van der Waals surface area contributed by atoms with Gasteiger partial charge in [0.2, 0.25) is 0 Å². The molecule has 1 aliphatic heterocycles. The van der Waals surface area contributed by atoms with Gasteiger partial charge in [0.1, 0.15) is 5.82 Å². The maximum Gasteiger partial charge on any atom is 0.126 e. The highest BCUT2D eigenvalue weighted by Crippen LogP contribution is 2.09. The lowest BCUT2D eigenvalue weighted by Crippen LogP contribution is -2.41. The van der Waals surface area contributed by atoms with Gasteiger partial charge in [-0.05, 0) is 57.6 Å². The number of nitrogens with one attached hydrogen (secondary N) is 1. The van der Waals surface area contributed by atoms with Gasteiger partial charge in [0.25, 0.3) is 0 Å². The van der Waals surface area contributed by atoms with E-state index in [9.17, 15) is 4.39 Å². The minimum absolute atomic E-state index is 0.0855. The summed E-state index contributed by atoms with van der Waals surface area (Å²) in [5, 5.41) is 3.52. The van der Waals surface area contributed by atoms with E-state index >= 15 is 0 Å². The number of hydrogen-bond acceptors (Lipinski definition) is 2. The van der Waals surface area contributed by atoms with Crippen LogP contribution in [0.5, 0.6) is 0 Å². The monoisotopic (exact) mass is 236 g/mol. The molecule has 0 aliphatic carbocycles. The van der Waals surface area contributed by atoms with Gasteiger partial charge in [-0.25, -0.2) is 4.39 Å². The Kier molecular flexibility index (Phi) is 4.51. The second kappa shape index (κ2) is 6.12. The van der Waals surface area contributed by atoms with Crippen molar-refractivity contribution >= 4 is 0 Å². The zero-order chi connectivity index (χ0) is 12.1. The Morgan fingerprint density at radius 2 is 2.00 bits per heavy atom. The van der Waals surface area contributed by atoms with Crippen molar-refractivity contribution in [3.8, 4) is 0 Å². The van der Waals surface area contributed by atoms with Crippen molar-refractivity contribution < 1.29 is 4.39 Å². The van der Waals surface area contributed by atoms with E-state index in [0.717, 1.165) is 31.6 Å². The predicted molar refractivity (Wildman–Crippen MR) is 68.6 cm³/mol. The molecular formula is C14H21FN2. The molecule has 1 N–H and O–H groups in total. The van der Waals surface area contributed by atoms with E-state index in [4.69, 9.17) is 0 Å². The van der Waals surface area contributed by atoms with Gasteiger partial charge in [0.05, 0.1) is 0 Å². The second-order valence-electron chi connectivity index (χ2n) is 4.87. The number of nitrogens with zero attached hydrogens (tertiary/aromatic N) is 1. The molecule has 1 saturated heterocycles. The van der Waals surface area contributed by atoms with Gasteiger partial charge < -0.3 is 10.2 Å². The molecule has 0 atom stereocenters. The molecule has 0 aromatic heterocycles. The van der Waals surface area contributed by atoms with Gasteiger partial charge in [0, 0.05) is 6.04 Å². The average molecular weight is 236 g/mol. The molecular weight excluding hydrogens is 215 g/mol. The van der Waals surface area contributed by atoms with Crippen LogP contribution < -0.4 is 5.32 Å². The predicted octanol–water partition coefficient (Wildman–Crippen LogP) is 2.05. The molecule has 0 amide bonds. The molecule has 3 heteroatoms. The molecule has 17 heavy (non-hydrogen) atoms. The van der Waals surface area contributed by atoms with E-state index in [1.165, 1.54) is 18.9 Å². The Bertz CT molecular complexity index is 346. The van der Waals surface area contributed by atoms with Crippen LogP contribution in [0.2, 0.25) is 0 Å². The maximum atomic E-state index is 13.4. The van der Waals surface area contributed by atoms with Gasteiger partial charge in [-0.15, -0.1) is 0 Å². The van der Waals surface area contributed by atoms with Crippen molar-refractivity contribution in [3.05, 3.63) is 35.6 Å². The van der Waals surface area contributed by atoms with E-state index in [1.807, 2.05) is 12.1 Å². The minimum atomic E-state index is -0.0855. The normalized spacial score (nSPS) is 18.5. The maximum absolute atomic E-state index is 13.4. The van der Waals surface area contributed by atoms with E-state index in [-0.39, 0.29) is 5.82 Å². The number of likely N-dealkylation sites (tertiary alicyclic amines) is 1. The average Bonchev–Trinajstić information content (AvgIpc) is 2.34. The summed E-state index contributed by atoms with van der Waals surface area (Å²) >= 11 is 0. The Morgan fingerprint density at radius 1 is 1.29 bits per heavy atom. The molecule has 0 saturated carbocycles. The second-order valence-corrected chi connectivity index (χ2v) is 4.87. The van der Waals surface area contributed by atoms with E-state index < -0.39 is 0 Å². The summed E-state index contributed by atoms with van der Waals surface area (Å²) in [4.78, 5) is 2.36. The van der Waals surface area contributed by atoms with Crippen molar-refractivity contribution in [1.29, 1.82) is 0 Å². The van der Waals surface area contributed by atoms with E-state index in [0.29, 0.717) is 6.04 Å². The highest BCUT2D eigenvalue weighted by molar-refractivity contribution is 5.17. The zero-order valence-corrected chi connectivity index (χ0v) is 10.5. The molecule has 1 heterocycles. The summed E-state index contributed by atoms with van der Waals surface area (Å²) in [6.07, 6.45) is 3.18. The fourth-order valence-electron chi connectivity index (χ4n) is 2.32. The molecule has 1 aromatic rings. The van der Waals surface area contributed by atoms with Crippen molar-refractivity contribution in [2.24, 2.45) is 0 Å². The summed E-state index contributed by atoms with van der Waals surface area (Å²) in [6, 6.07) is 7.64. The lowest BCUT2D eigenvalue weighted by Gasteiger charge is -2.29. The lowest BCUT2D eigenvalue weighted by molar-refractivity contribution is 0.235. The van der Waals surface area contributed by atoms with Crippen LogP contribution in [0.1, 0.15) is 18.4 Å². The number of rotatable bonds is 4. The Morgan fingerprint density at radius 3 is 2.71 bits per heavy atom. The summed E-state index contributed by atoms with van der Waals surface area (Å²) in [6.45, 7) is 3.20. The van der Waals surface area contributed by atoms with Crippen LogP contribution >= 0.6 is 0 Å². The van der Waals surface area contributed by atoms with E-state index in [2.05, 4.69) is 17.3 Å². The summed E-state index contributed by atoms with van der Waals surface area (Å²) < 4.78 is 13.4. The zero-order valence-electron chi connectivity index (χ0n) is 10.5. The smallest absolute Gasteiger partial charge is 0.126 e. The molecule has 2 rings (SSSR count). The summed E-state index contributed by atoms with van der Waals surface area (Å²) in [5.74, 6) is -0.0855. The summed E-state index contributed by atoms with van der Waals surface area (Å²) in [5.41, 5.74) is 0.813. The van der Waals surface area contributed by atoms with Gasteiger partial charge >= 0.3 is 0 Å². The number of piperidine rings is 1. The topological polar surface area (TPSA) is 15.3 Å². The molecule has 94 valence electrons. The highest BCUT2D eigenvalue weighted by Gasteiger charge is 2.15. The van der Waals surface area contributed by atoms with Gasteiger partial charge in [-0.1, -0.05) is 18.2 Å². The first kappa shape index (κ1) is 12.5. The standard InChI is InChI=1S/C14H21FN2/c1-17-10-7-13(8-11-17)16-9-6-12-4-2-3-5-14(12)15/h2-5,13,16H,6-11H2,1H3. The fraction of sp³-hybridized carbons (Fsp3) is 0.571. The summed E-state index contributed by atoms with van der Waals surface area (Å²) in [7, 11) is 2.16. The third kappa shape index (κ3) is 3.79. The molecule has 0 unspecified atom stereocenters. The van der Waals surface area contributed by atoms with Crippen molar-refractivity contribution in [2.75, 3.05) is 26.7 Å². The molecule has 0 bridgehead atoms. The van der Waals surface area contributed by atoms with Crippen LogP contribution in [-0.2, 0) is 6.42 Å². The SMILES string of the molecule is CN1CCC(NCCc2ccccc2F)CC1. The molecule has 1 aromatic carbocycles. The molecule has 0 spiro atoms. The Labute approximate surface area is 103 Å². The van der Waals surface area contributed by atoms with Gasteiger partial charge in [-0.2, -0.15) is 0 Å². The van der Waals surface area contributed by atoms with Crippen LogP contribution in [0, 0.1) is 5.82 Å². The third-order valence-corrected chi connectivity index (χ3v) is 3.50. The fourth-order valence-corrected chi connectivity index (χ4v) is 2.32. The van der Waals surface area contributed by atoms with Crippen molar-refractivity contribution in [1.82, 2.24) is 10.2 Å². The van der Waals surface area contributed by atoms with Gasteiger partial charge in [-0.3, -0.25) is 0 Å². The highest BCUT2D eigenvalue weighted by atomic mass is 19.1. The van der Waals surface area contributed by atoms with Crippen LogP contribution in [0.15, 0.2) is 24.3 Å². The minimum Gasteiger partial charge on any atom is -0.314 e. The molecule has 0 radical (unpaired) electrons. The molecule has 2 nitrogen and oxygen atoms in total. The number of benzene rings is 1. The number of hydrogen-bond donors (Lipinski definition) is 1. The third-order valence-electron chi connectivity index (χ3n) is 3.50. The van der Waals surface area contributed by atoms with Crippen molar-refractivity contribution in [2.45, 2.75) is 25.3 Å². The van der Waals surface area contributed by atoms with Gasteiger partial charge in [0.15, 0.2) is 0 Å². The quantitative estimate of drug-likeness (QED) is 0.860. The van der Waals surface area contributed by atoms with E-state index in [1.54, 1.807) is 6.07 Å². The lowest BCUT2D eigenvalue weighted by atomic mass is 10.0. The van der Waals surface area contributed by atoms with Crippen LogP contribution in [-0.4, -0.2) is 37.6 Å². The van der Waals surface area contributed by atoms with Crippen LogP contribution in [0.4, 0.5) is 4.39 Å². The van der Waals surface area contributed by atoms with Crippen LogP contribution in [0.3, 0.4) is 0 Å². The molecule has 1 aliphatic rings. The number of halogens is 1. The largest absolute Gasteiger partial charge is 0.314 e. The first-order valence-electron chi connectivity index (χ1n) is 6.41.